The SMILES string of the molecule is NC(N)(N)[CH2][GeH3]. The van der Waals surface area contributed by atoms with Gasteiger partial charge in [0.15, 0.2) is 0 Å². The van der Waals surface area contributed by atoms with Crippen LogP contribution in [-0.2, 0) is 0 Å². The van der Waals surface area contributed by atoms with Gasteiger partial charge in [0.2, 0.25) is 0 Å². The molecule has 0 fully saturated rings. The number of rotatable bonds is 1. The molecule has 0 radical (unpaired) electrons. The minimum atomic E-state index is -0.875. The molecule has 0 spiro atoms. The zero-order valence-electron chi connectivity index (χ0n) is 3.94. The normalized spacial score (nSPS) is 12.5. The summed E-state index contributed by atoms with van der Waals surface area (Å²) < 4.78 is 0. The van der Waals surface area contributed by atoms with Gasteiger partial charge < -0.3 is 0 Å². The molecule has 0 saturated carbocycles. The van der Waals surface area contributed by atoms with E-state index in [2.05, 4.69) is 0 Å². The van der Waals surface area contributed by atoms with Gasteiger partial charge in [0.25, 0.3) is 0 Å². The molecular formula is C2H11GeN3. The summed E-state index contributed by atoms with van der Waals surface area (Å²) in [6, 6.07) is 0. The zero-order valence-corrected chi connectivity index (χ0v) is 8.14. The number of hydrogen-bond acceptors (Lipinski definition) is 3. The fraction of sp³-hybridized carbons (Fsp3) is 1.00. The fourth-order valence-corrected chi connectivity index (χ4v) is 0. The van der Waals surface area contributed by atoms with E-state index in [1.54, 1.807) is 0 Å². The molecule has 0 aliphatic carbocycles. The first-order chi connectivity index (χ1) is 2.56. The number of nitrogens with two attached hydrogens (primary N) is 3. The summed E-state index contributed by atoms with van der Waals surface area (Å²) in [7, 11) is 0. The Kier molecular flexibility index (Phi) is 2.06. The van der Waals surface area contributed by atoms with Crippen LogP contribution in [0.4, 0.5) is 0 Å². The Morgan fingerprint density at radius 2 is 1.50 bits per heavy atom. The third kappa shape index (κ3) is 4.42. The first kappa shape index (κ1) is 6.42. The molecule has 0 aliphatic rings. The molecule has 4 heteroatoms. The first-order valence-electron chi connectivity index (χ1n) is 1.93. The van der Waals surface area contributed by atoms with Gasteiger partial charge in [-0.1, -0.05) is 0 Å². The summed E-state index contributed by atoms with van der Waals surface area (Å²) >= 11 is 0.672. The first-order valence-corrected chi connectivity index (χ1v) is 4.89. The molecule has 0 unspecified atom stereocenters. The van der Waals surface area contributed by atoms with Crippen molar-refractivity contribution in [3.05, 3.63) is 0 Å². The van der Waals surface area contributed by atoms with Crippen LogP contribution < -0.4 is 17.2 Å². The predicted octanol–water partition coefficient (Wildman–Crippen LogP) is -2.70. The second-order valence-corrected chi connectivity index (χ2v) is 2.95. The zero-order chi connectivity index (χ0) is 5.21. The number of hydrogen-bond donors (Lipinski definition) is 3. The van der Waals surface area contributed by atoms with Gasteiger partial charge in [-0.05, 0) is 0 Å². The minimum absolute atomic E-state index is 0.672. The van der Waals surface area contributed by atoms with Crippen molar-refractivity contribution in [1.82, 2.24) is 0 Å². The summed E-state index contributed by atoms with van der Waals surface area (Å²) in [5.74, 6) is -0.875. The summed E-state index contributed by atoms with van der Waals surface area (Å²) in [6.45, 7) is 0. The van der Waals surface area contributed by atoms with Gasteiger partial charge in [-0.2, -0.15) is 0 Å². The molecule has 0 amide bonds. The Hall–Kier alpha value is 0.423. The monoisotopic (exact) mass is 151 g/mol. The van der Waals surface area contributed by atoms with Crippen molar-refractivity contribution in [3.8, 4) is 0 Å². The van der Waals surface area contributed by atoms with Crippen molar-refractivity contribution in [2.24, 2.45) is 17.2 Å². The van der Waals surface area contributed by atoms with Crippen molar-refractivity contribution in [2.45, 2.75) is 11.0 Å². The maximum absolute atomic E-state index is 5.14. The van der Waals surface area contributed by atoms with E-state index in [1.807, 2.05) is 0 Å². The van der Waals surface area contributed by atoms with Crippen LogP contribution >= 0.6 is 0 Å². The van der Waals surface area contributed by atoms with Gasteiger partial charge in [0.1, 0.15) is 0 Å². The Bertz CT molecular complexity index is 38.5. The third-order valence-electron chi connectivity index (χ3n) is 0.612. The van der Waals surface area contributed by atoms with E-state index in [9.17, 15) is 0 Å². The van der Waals surface area contributed by atoms with Crippen molar-refractivity contribution in [3.63, 3.8) is 0 Å². The van der Waals surface area contributed by atoms with E-state index in [-0.39, 0.29) is 0 Å². The molecule has 6 heavy (non-hydrogen) atoms. The summed E-state index contributed by atoms with van der Waals surface area (Å²) in [4.78, 5) is 0. The molecule has 0 aromatic heterocycles. The molecule has 0 rings (SSSR count). The van der Waals surface area contributed by atoms with Crippen LogP contribution in [0, 0.1) is 0 Å². The molecule has 38 valence electrons. The summed E-state index contributed by atoms with van der Waals surface area (Å²) in [6.07, 6.45) is 0. The average Bonchev–Trinajstić information content (AvgIpc) is 1.35. The van der Waals surface area contributed by atoms with Crippen LogP contribution in [0.25, 0.3) is 0 Å². The fourth-order valence-electron chi connectivity index (χ4n) is 0. The Balaban J connectivity index is 3.17. The van der Waals surface area contributed by atoms with E-state index in [0.29, 0.717) is 16.5 Å². The van der Waals surface area contributed by atoms with Crippen LogP contribution in [0.3, 0.4) is 0 Å². The molecular weight excluding hydrogens is 139 g/mol. The summed E-state index contributed by atoms with van der Waals surface area (Å²) in [5.41, 5.74) is 15.4. The molecule has 6 N–H and O–H groups in total. The van der Waals surface area contributed by atoms with Gasteiger partial charge >= 0.3 is 44.8 Å². The van der Waals surface area contributed by atoms with Crippen molar-refractivity contribution in [2.75, 3.05) is 0 Å². The topological polar surface area (TPSA) is 78.1 Å². The van der Waals surface area contributed by atoms with E-state index < -0.39 is 5.79 Å². The molecule has 0 aromatic carbocycles. The Labute approximate surface area is 45.5 Å². The van der Waals surface area contributed by atoms with Crippen LogP contribution in [-0.4, -0.2) is 22.3 Å². The molecule has 3 nitrogen and oxygen atoms in total. The van der Waals surface area contributed by atoms with Gasteiger partial charge in [-0.15, -0.1) is 0 Å². The average molecular weight is 150 g/mol. The second kappa shape index (κ2) is 1.93. The summed E-state index contributed by atoms with van der Waals surface area (Å²) in [5, 5.41) is 0.792. The predicted molar refractivity (Wildman–Crippen MR) is 30.0 cm³/mol. The van der Waals surface area contributed by atoms with Gasteiger partial charge in [-0.3, -0.25) is 0 Å². The van der Waals surface area contributed by atoms with E-state index >= 15 is 0 Å². The van der Waals surface area contributed by atoms with Crippen molar-refractivity contribution >= 4 is 16.5 Å². The van der Waals surface area contributed by atoms with Gasteiger partial charge in [0, 0.05) is 0 Å². The Morgan fingerprint density at radius 3 is 1.50 bits per heavy atom. The molecule has 0 bridgehead atoms. The van der Waals surface area contributed by atoms with E-state index in [1.165, 1.54) is 0 Å². The Morgan fingerprint density at radius 1 is 1.33 bits per heavy atom. The molecule has 0 aliphatic heterocycles. The van der Waals surface area contributed by atoms with Crippen molar-refractivity contribution in [1.29, 1.82) is 0 Å². The van der Waals surface area contributed by atoms with Gasteiger partial charge in [-0.25, -0.2) is 0 Å². The second-order valence-electron chi connectivity index (χ2n) is 1.47. The molecule has 0 aromatic rings. The quantitative estimate of drug-likeness (QED) is 0.281. The molecule has 0 heterocycles. The molecule has 0 saturated heterocycles. The van der Waals surface area contributed by atoms with Crippen LogP contribution in [0.1, 0.15) is 0 Å². The van der Waals surface area contributed by atoms with Crippen LogP contribution in [0.15, 0.2) is 0 Å². The third-order valence-corrected chi connectivity index (χ3v) is 3.18. The maximum atomic E-state index is 5.14. The van der Waals surface area contributed by atoms with Gasteiger partial charge in [0.05, 0.1) is 0 Å². The van der Waals surface area contributed by atoms with E-state index in [4.69, 9.17) is 17.2 Å². The molecule has 0 atom stereocenters. The van der Waals surface area contributed by atoms with E-state index in [0.717, 1.165) is 5.25 Å². The van der Waals surface area contributed by atoms with Crippen LogP contribution in [0.2, 0.25) is 5.25 Å². The standard InChI is InChI=1S/C2H11GeN3/c3-1-2(4,5)6/h1,4-6H2,3H3. The van der Waals surface area contributed by atoms with Crippen LogP contribution in [0.5, 0.6) is 0 Å². The van der Waals surface area contributed by atoms with Crippen molar-refractivity contribution < 1.29 is 0 Å².